The molecule has 0 saturated heterocycles. The van der Waals surface area contributed by atoms with E-state index in [2.05, 4.69) is 5.32 Å². The Morgan fingerprint density at radius 1 is 1.53 bits per heavy atom. The lowest BCUT2D eigenvalue weighted by Gasteiger charge is -2.10. The van der Waals surface area contributed by atoms with Crippen LogP contribution in [0.1, 0.15) is 22.3 Å². The Balaban J connectivity index is 2.12. The third kappa shape index (κ3) is 3.32. The number of fused-ring (bicyclic) bond motifs is 1. The normalized spacial score (nSPS) is 15.5. The Bertz CT molecular complexity index is 500. The summed E-state index contributed by atoms with van der Waals surface area (Å²) >= 11 is 0. The molecule has 4 nitrogen and oxygen atoms in total. The van der Waals surface area contributed by atoms with Crippen molar-refractivity contribution in [2.75, 3.05) is 19.7 Å². The molecule has 1 aliphatic rings. The van der Waals surface area contributed by atoms with Crippen molar-refractivity contribution in [3.8, 4) is 5.75 Å². The van der Waals surface area contributed by atoms with Gasteiger partial charge in [-0.05, 0) is 36.6 Å². The van der Waals surface area contributed by atoms with E-state index in [4.69, 9.17) is 10.5 Å². The summed E-state index contributed by atoms with van der Waals surface area (Å²) in [5.74, 6) is 0.576. The maximum absolute atomic E-state index is 12.4. The second-order valence-electron chi connectivity index (χ2n) is 4.44. The maximum Gasteiger partial charge on any atom is 0.251 e. The Kier molecular flexibility index (Phi) is 4.52. The highest BCUT2D eigenvalue weighted by atomic mass is 19.1. The second kappa shape index (κ2) is 6.33. The van der Waals surface area contributed by atoms with Gasteiger partial charge in [-0.15, -0.1) is 0 Å². The largest absolute Gasteiger partial charge is 0.489 e. The van der Waals surface area contributed by atoms with Crippen molar-refractivity contribution in [3.05, 3.63) is 41.2 Å². The molecule has 5 heteroatoms. The van der Waals surface area contributed by atoms with Crippen LogP contribution < -0.4 is 15.8 Å². The number of rotatable bonds is 4. The van der Waals surface area contributed by atoms with E-state index >= 15 is 0 Å². The van der Waals surface area contributed by atoms with Crippen molar-refractivity contribution in [1.82, 2.24) is 5.32 Å². The summed E-state index contributed by atoms with van der Waals surface area (Å²) < 4.78 is 17.8. The summed E-state index contributed by atoms with van der Waals surface area (Å²) in [4.78, 5) is 11.7. The van der Waals surface area contributed by atoms with E-state index in [9.17, 15) is 9.18 Å². The summed E-state index contributed by atoms with van der Waals surface area (Å²) in [6.45, 7) is 0.938. The number of nitrogens with two attached hydrogens (primary N) is 1. The second-order valence-corrected chi connectivity index (χ2v) is 4.44. The number of hydrogen-bond acceptors (Lipinski definition) is 3. The van der Waals surface area contributed by atoms with Gasteiger partial charge in [-0.2, -0.15) is 0 Å². The topological polar surface area (TPSA) is 64.3 Å². The van der Waals surface area contributed by atoms with Crippen molar-refractivity contribution in [3.63, 3.8) is 0 Å². The zero-order valence-electron chi connectivity index (χ0n) is 10.6. The molecule has 0 spiro atoms. The molecule has 0 bridgehead atoms. The summed E-state index contributed by atoms with van der Waals surface area (Å²) in [6.07, 6.45) is 2.20. The van der Waals surface area contributed by atoms with Gasteiger partial charge in [0.25, 0.3) is 5.91 Å². The van der Waals surface area contributed by atoms with Gasteiger partial charge in [-0.1, -0.05) is 0 Å². The first-order valence-electron chi connectivity index (χ1n) is 6.26. The molecule has 19 heavy (non-hydrogen) atoms. The first-order chi connectivity index (χ1) is 9.24. The molecule has 0 atom stereocenters. The molecule has 0 saturated carbocycles. The van der Waals surface area contributed by atoms with Gasteiger partial charge in [0.1, 0.15) is 12.4 Å². The van der Waals surface area contributed by atoms with Crippen LogP contribution in [-0.4, -0.2) is 25.6 Å². The summed E-state index contributed by atoms with van der Waals surface area (Å²) in [5, 5.41) is 2.83. The first kappa shape index (κ1) is 13.5. The number of carbonyl (C=O) groups is 1. The molecule has 0 unspecified atom stereocenters. The maximum atomic E-state index is 12.4. The zero-order chi connectivity index (χ0) is 13.7. The van der Waals surface area contributed by atoms with Gasteiger partial charge in [-0.3, -0.25) is 4.79 Å². The number of amides is 1. The van der Waals surface area contributed by atoms with Crippen LogP contribution in [0.2, 0.25) is 0 Å². The monoisotopic (exact) mass is 264 g/mol. The van der Waals surface area contributed by atoms with Crippen LogP contribution in [0.4, 0.5) is 4.39 Å². The van der Waals surface area contributed by atoms with E-state index in [1.165, 1.54) is 0 Å². The molecule has 1 aromatic carbocycles. The van der Waals surface area contributed by atoms with Gasteiger partial charge < -0.3 is 15.8 Å². The predicted molar refractivity (Wildman–Crippen MR) is 70.8 cm³/mol. The highest BCUT2D eigenvalue weighted by Crippen LogP contribution is 2.21. The number of hydrogen-bond donors (Lipinski definition) is 2. The van der Waals surface area contributed by atoms with Gasteiger partial charge in [0, 0.05) is 24.2 Å². The van der Waals surface area contributed by atoms with Gasteiger partial charge >= 0.3 is 0 Å². The van der Waals surface area contributed by atoms with E-state index < -0.39 is 0 Å². The molecule has 102 valence electrons. The van der Waals surface area contributed by atoms with Crippen LogP contribution in [0.25, 0.3) is 0 Å². The molecular weight excluding hydrogens is 247 g/mol. The fourth-order valence-electron chi connectivity index (χ4n) is 1.98. The van der Waals surface area contributed by atoms with Gasteiger partial charge in [-0.25, -0.2) is 4.39 Å². The highest BCUT2D eigenvalue weighted by molar-refractivity contribution is 5.96. The van der Waals surface area contributed by atoms with Crippen molar-refractivity contribution in [1.29, 1.82) is 0 Å². The third-order valence-corrected chi connectivity index (χ3v) is 3.07. The minimum Gasteiger partial charge on any atom is -0.489 e. The first-order valence-corrected chi connectivity index (χ1v) is 6.26. The minimum atomic E-state index is -0.0506. The smallest absolute Gasteiger partial charge is 0.251 e. The molecule has 3 N–H and O–H groups in total. The van der Waals surface area contributed by atoms with Crippen LogP contribution in [0, 0.1) is 0 Å². The SMILES string of the molecule is NC/C(=C\F)COc1ccc2c(c1)CCCNC2=O. The zero-order valence-corrected chi connectivity index (χ0v) is 10.6. The Labute approximate surface area is 111 Å². The van der Waals surface area contributed by atoms with E-state index in [-0.39, 0.29) is 19.1 Å². The third-order valence-electron chi connectivity index (χ3n) is 3.07. The van der Waals surface area contributed by atoms with Crippen molar-refractivity contribution in [2.24, 2.45) is 5.73 Å². The van der Waals surface area contributed by atoms with E-state index in [0.29, 0.717) is 29.8 Å². The number of carbonyl (C=O) groups excluding carboxylic acids is 1. The van der Waals surface area contributed by atoms with E-state index in [1.807, 2.05) is 6.07 Å². The fourth-order valence-corrected chi connectivity index (χ4v) is 1.98. The van der Waals surface area contributed by atoms with Crippen LogP contribution >= 0.6 is 0 Å². The number of halogens is 1. The predicted octanol–water partition coefficient (Wildman–Crippen LogP) is 1.55. The Morgan fingerprint density at radius 2 is 2.37 bits per heavy atom. The average Bonchev–Trinajstić information content (AvgIpc) is 2.62. The average molecular weight is 264 g/mol. The lowest BCUT2D eigenvalue weighted by atomic mass is 10.0. The molecule has 0 aliphatic carbocycles. The Morgan fingerprint density at radius 3 is 3.11 bits per heavy atom. The molecule has 0 radical (unpaired) electrons. The molecule has 2 rings (SSSR count). The summed E-state index contributed by atoms with van der Waals surface area (Å²) in [6, 6.07) is 5.30. The van der Waals surface area contributed by atoms with Crippen molar-refractivity contribution >= 4 is 5.91 Å². The minimum absolute atomic E-state index is 0.0506. The van der Waals surface area contributed by atoms with Crippen LogP contribution in [0.3, 0.4) is 0 Å². The van der Waals surface area contributed by atoms with Crippen LogP contribution in [0.15, 0.2) is 30.1 Å². The van der Waals surface area contributed by atoms with Gasteiger partial charge in [0.15, 0.2) is 0 Å². The van der Waals surface area contributed by atoms with Crippen molar-refractivity contribution < 1.29 is 13.9 Å². The van der Waals surface area contributed by atoms with Crippen molar-refractivity contribution in [2.45, 2.75) is 12.8 Å². The fraction of sp³-hybridized carbons (Fsp3) is 0.357. The molecule has 1 aliphatic heterocycles. The standard InChI is InChI=1S/C14H17FN2O2/c15-7-10(8-16)9-19-12-3-4-13-11(6-12)2-1-5-17-14(13)18/h3-4,6-7H,1-2,5,8-9,16H2,(H,17,18)/b10-7+. The van der Waals surface area contributed by atoms with Crippen LogP contribution in [-0.2, 0) is 6.42 Å². The highest BCUT2D eigenvalue weighted by Gasteiger charge is 2.15. The van der Waals surface area contributed by atoms with Crippen LogP contribution in [0.5, 0.6) is 5.75 Å². The number of ether oxygens (including phenoxy) is 1. The van der Waals surface area contributed by atoms with E-state index in [1.54, 1.807) is 12.1 Å². The summed E-state index contributed by atoms with van der Waals surface area (Å²) in [7, 11) is 0. The summed E-state index contributed by atoms with van der Waals surface area (Å²) in [5.41, 5.74) is 7.40. The molecule has 1 amide bonds. The van der Waals surface area contributed by atoms with Gasteiger partial charge in [0.2, 0.25) is 0 Å². The van der Waals surface area contributed by atoms with E-state index in [0.717, 1.165) is 18.4 Å². The lowest BCUT2D eigenvalue weighted by molar-refractivity contribution is 0.0956. The molecular formula is C14H17FN2O2. The molecule has 1 aromatic rings. The molecule has 0 aromatic heterocycles. The number of aryl methyl sites for hydroxylation is 1. The molecule has 0 fully saturated rings. The number of benzene rings is 1. The number of nitrogens with one attached hydrogen (secondary N) is 1. The molecule has 1 heterocycles. The lowest BCUT2D eigenvalue weighted by Crippen LogP contribution is -2.22. The van der Waals surface area contributed by atoms with Gasteiger partial charge in [0.05, 0.1) is 6.33 Å². The Hall–Kier alpha value is -1.88. The quantitative estimate of drug-likeness (QED) is 0.867.